The molecule has 0 amide bonds. The Morgan fingerprint density at radius 1 is 1.29 bits per heavy atom. The third-order valence-electron chi connectivity index (χ3n) is 5.86. The highest BCUT2D eigenvalue weighted by molar-refractivity contribution is 6.04. The Kier molecular flexibility index (Phi) is 6.62. The number of unbranched alkanes of at least 4 members (excludes halogenated alkanes) is 2. The number of nitrogens with one attached hydrogen (secondary N) is 1. The van der Waals surface area contributed by atoms with E-state index >= 15 is 0 Å². The molecule has 0 bridgehead atoms. The number of hydrogen-bond donors (Lipinski definition) is 1. The van der Waals surface area contributed by atoms with Crippen LogP contribution in [0.5, 0.6) is 0 Å². The van der Waals surface area contributed by atoms with Crippen molar-refractivity contribution >= 4 is 17.4 Å². The summed E-state index contributed by atoms with van der Waals surface area (Å²) in [6.45, 7) is 8.24. The summed E-state index contributed by atoms with van der Waals surface area (Å²) in [6, 6.07) is 6.18. The van der Waals surface area contributed by atoms with Gasteiger partial charge in [0.1, 0.15) is 0 Å². The van der Waals surface area contributed by atoms with Gasteiger partial charge in [-0.3, -0.25) is 14.9 Å². The van der Waals surface area contributed by atoms with Gasteiger partial charge in [0.05, 0.1) is 17.1 Å². The lowest BCUT2D eigenvalue weighted by molar-refractivity contribution is -0.384. The number of ether oxygens (including phenoxy) is 1. The molecule has 1 N–H and O–H groups in total. The van der Waals surface area contributed by atoms with Crippen LogP contribution in [0.2, 0.25) is 0 Å². The number of ketones is 1. The normalized spacial score (nSPS) is 20.3. The van der Waals surface area contributed by atoms with Crippen molar-refractivity contribution < 1.29 is 19.2 Å². The highest BCUT2D eigenvalue weighted by Gasteiger charge is 2.43. The Morgan fingerprint density at radius 2 is 2.03 bits per heavy atom. The number of esters is 1. The summed E-state index contributed by atoms with van der Waals surface area (Å²) in [5.41, 5.74) is 2.56. The summed E-state index contributed by atoms with van der Waals surface area (Å²) >= 11 is 0. The Labute approximate surface area is 182 Å². The van der Waals surface area contributed by atoms with E-state index in [2.05, 4.69) is 12.2 Å². The molecule has 0 saturated heterocycles. The van der Waals surface area contributed by atoms with Gasteiger partial charge in [-0.2, -0.15) is 0 Å². The van der Waals surface area contributed by atoms with E-state index in [-0.39, 0.29) is 16.9 Å². The van der Waals surface area contributed by atoms with E-state index in [9.17, 15) is 19.7 Å². The van der Waals surface area contributed by atoms with Crippen LogP contribution in [-0.4, -0.2) is 23.3 Å². The number of allylic oxidation sites excluding steroid dienone is 3. The predicted molar refractivity (Wildman–Crippen MR) is 117 cm³/mol. The van der Waals surface area contributed by atoms with Gasteiger partial charge in [0.15, 0.2) is 5.78 Å². The maximum Gasteiger partial charge on any atom is 0.336 e. The number of non-ortho nitro benzene ring substituents is 1. The van der Waals surface area contributed by atoms with Crippen LogP contribution < -0.4 is 5.32 Å². The minimum atomic E-state index is -0.682. The molecule has 0 aromatic heterocycles. The Balaban J connectivity index is 2.07. The van der Waals surface area contributed by atoms with Crippen molar-refractivity contribution in [3.63, 3.8) is 0 Å². The van der Waals surface area contributed by atoms with Crippen LogP contribution in [-0.2, 0) is 14.3 Å². The molecule has 0 saturated carbocycles. The van der Waals surface area contributed by atoms with Crippen LogP contribution in [0.3, 0.4) is 0 Å². The highest BCUT2D eigenvalue weighted by atomic mass is 16.6. The molecule has 1 aromatic carbocycles. The zero-order valence-corrected chi connectivity index (χ0v) is 18.6. The molecule has 0 fully saturated rings. The molecule has 1 heterocycles. The van der Waals surface area contributed by atoms with Crippen molar-refractivity contribution in [2.45, 2.75) is 65.7 Å². The number of nitro groups is 1. The number of benzene rings is 1. The summed E-state index contributed by atoms with van der Waals surface area (Å²) < 4.78 is 5.53. The van der Waals surface area contributed by atoms with E-state index in [0.717, 1.165) is 25.0 Å². The van der Waals surface area contributed by atoms with Crippen molar-refractivity contribution in [1.29, 1.82) is 0 Å². The minimum absolute atomic E-state index is 0.0426. The van der Waals surface area contributed by atoms with Crippen LogP contribution in [0.1, 0.15) is 71.3 Å². The molecule has 0 radical (unpaired) electrons. The first-order valence-corrected chi connectivity index (χ1v) is 10.8. The van der Waals surface area contributed by atoms with Gasteiger partial charge < -0.3 is 10.1 Å². The number of nitro benzene ring substituents is 1. The summed E-state index contributed by atoms with van der Waals surface area (Å²) in [5, 5.41) is 14.6. The zero-order valence-electron chi connectivity index (χ0n) is 18.6. The van der Waals surface area contributed by atoms with E-state index in [1.807, 2.05) is 13.8 Å². The number of Topliss-reactive ketones (excluding diaryl/α,β-unsaturated/α-hetero) is 1. The summed E-state index contributed by atoms with van der Waals surface area (Å²) in [7, 11) is 0. The van der Waals surface area contributed by atoms with E-state index in [1.165, 1.54) is 12.1 Å². The Hall–Kier alpha value is -2.96. The highest BCUT2D eigenvalue weighted by Crippen LogP contribution is 2.47. The van der Waals surface area contributed by atoms with Crippen molar-refractivity contribution in [1.82, 2.24) is 5.32 Å². The summed E-state index contributed by atoms with van der Waals surface area (Å²) in [6.07, 6.45) is 3.76. The van der Waals surface area contributed by atoms with Crippen molar-refractivity contribution in [3.8, 4) is 0 Å². The average molecular weight is 427 g/mol. The summed E-state index contributed by atoms with van der Waals surface area (Å²) in [4.78, 5) is 37.2. The minimum Gasteiger partial charge on any atom is -0.462 e. The van der Waals surface area contributed by atoms with E-state index in [1.54, 1.807) is 19.1 Å². The van der Waals surface area contributed by atoms with Gasteiger partial charge in [-0.25, -0.2) is 4.79 Å². The number of hydrogen-bond acceptors (Lipinski definition) is 6. The fraction of sp³-hybridized carbons (Fsp3) is 0.500. The van der Waals surface area contributed by atoms with Crippen molar-refractivity contribution in [2.75, 3.05) is 6.61 Å². The van der Waals surface area contributed by atoms with Crippen LogP contribution in [0.4, 0.5) is 5.69 Å². The largest absolute Gasteiger partial charge is 0.462 e. The fourth-order valence-electron chi connectivity index (χ4n) is 4.45. The SMILES string of the molecule is CCCCCOC(=O)C1=C(C)NC2=C(C(=O)CC(C)(C)C2)[C@H]1c1cccc([N+](=O)[O-])c1. The molecular weight excluding hydrogens is 396 g/mol. The van der Waals surface area contributed by atoms with Gasteiger partial charge in [-0.05, 0) is 30.7 Å². The maximum atomic E-state index is 13.2. The third kappa shape index (κ3) is 4.86. The van der Waals surface area contributed by atoms with Gasteiger partial charge in [-0.15, -0.1) is 0 Å². The van der Waals surface area contributed by atoms with Crippen LogP contribution in [0.15, 0.2) is 46.8 Å². The lowest BCUT2D eigenvalue weighted by Gasteiger charge is -2.39. The van der Waals surface area contributed by atoms with E-state index in [0.29, 0.717) is 41.9 Å². The first kappa shape index (κ1) is 22.7. The van der Waals surface area contributed by atoms with Crippen LogP contribution >= 0.6 is 0 Å². The molecular formula is C24H30N2O5. The molecule has 31 heavy (non-hydrogen) atoms. The Morgan fingerprint density at radius 3 is 2.71 bits per heavy atom. The molecule has 7 heteroatoms. The van der Waals surface area contributed by atoms with Gasteiger partial charge in [0, 0.05) is 41.4 Å². The molecule has 0 unspecified atom stereocenters. The van der Waals surface area contributed by atoms with Gasteiger partial charge in [0.25, 0.3) is 5.69 Å². The standard InChI is InChI=1S/C24H30N2O5/c1-5-6-7-11-31-23(28)20-15(2)25-18-13-24(3,4)14-19(27)22(18)21(20)16-9-8-10-17(12-16)26(29)30/h8-10,12,21,25H,5-7,11,13-14H2,1-4H3/t21-/m0/s1. The van der Waals surface area contributed by atoms with Gasteiger partial charge >= 0.3 is 5.97 Å². The lowest BCUT2D eigenvalue weighted by Crippen LogP contribution is -2.38. The molecule has 2 aliphatic rings. The number of carbonyl (C=O) groups excluding carboxylic acids is 2. The molecule has 1 atom stereocenters. The van der Waals surface area contributed by atoms with Gasteiger partial charge in [0.2, 0.25) is 0 Å². The Bertz CT molecular complexity index is 974. The monoisotopic (exact) mass is 426 g/mol. The topological polar surface area (TPSA) is 98.5 Å². The third-order valence-corrected chi connectivity index (χ3v) is 5.86. The maximum absolute atomic E-state index is 13.2. The van der Waals surface area contributed by atoms with Crippen molar-refractivity contribution in [3.05, 3.63) is 62.5 Å². The number of rotatable bonds is 7. The van der Waals surface area contributed by atoms with Crippen LogP contribution in [0, 0.1) is 15.5 Å². The number of carbonyl (C=O) groups is 2. The fourth-order valence-corrected chi connectivity index (χ4v) is 4.45. The molecule has 1 aliphatic carbocycles. The second-order valence-electron chi connectivity index (χ2n) is 9.12. The zero-order chi connectivity index (χ0) is 22.8. The average Bonchev–Trinajstić information content (AvgIpc) is 2.69. The van der Waals surface area contributed by atoms with Gasteiger partial charge in [-0.1, -0.05) is 45.7 Å². The smallest absolute Gasteiger partial charge is 0.336 e. The predicted octanol–water partition coefficient (Wildman–Crippen LogP) is 4.93. The van der Waals surface area contributed by atoms with E-state index < -0.39 is 16.8 Å². The number of dihydropyridines is 1. The molecule has 1 aromatic rings. The molecule has 0 spiro atoms. The molecule has 1 aliphatic heterocycles. The molecule has 3 rings (SSSR count). The quantitative estimate of drug-likeness (QED) is 0.287. The first-order valence-electron chi connectivity index (χ1n) is 10.8. The second kappa shape index (κ2) is 9.04. The van der Waals surface area contributed by atoms with E-state index in [4.69, 9.17) is 4.74 Å². The van der Waals surface area contributed by atoms with Crippen LogP contribution in [0.25, 0.3) is 0 Å². The first-order chi connectivity index (χ1) is 14.6. The lowest BCUT2D eigenvalue weighted by atomic mass is 9.68. The second-order valence-corrected chi connectivity index (χ2v) is 9.12. The summed E-state index contributed by atoms with van der Waals surface area (Å²) in [5.74, 6) is -1.21. The molecule has 7 nitrogen and oxygen atoms in total. The molecule has 166 valence electrons. The number of nitrogens with zero attached hydrogens (tertiary/aromatic N) is 1. The van der Waals surface area contributed by atoms with Crippen molar-refractivity contribution in [2.24, 2.45) is 5.41 Å².